The Hall–Kier alpha value is -2.11. The Morgan fingerprint density at radius 2 is 2.19 bits per heavy atom. The molecule has 0 spiro atoms. The van der Waals surface area contributed by atoms with Crippen molar-refractivity contribution in [3.05, 3.63) is 30.1 Å². The molecule has 1 fully saturated rings. The molecule has 0 aromatic carbocycles. The van der Waals surface area contributed by atoms with Crippen LogP contribution in [0.2, 0.25) is 0 Å². The van der Waals surface area contributed by atoms with Gasteiger partial charge >= 0.3 is 12.0 Å². The second-order valence-electron chi connectivity index (χ2n) is 5.44. The molecule has 2 rings (SSSR count). The van der Waals surface area contributed by atoms with Crippen LogP contribution in [0.4, 0.5) is 4.79 Å². The van der Waals surface area contributed by atoms with Crippen LogP contribution in [0.3, 0.4) is 0 Å². The molecule has 21 heavy (non-hydrogen) atoms. The Labute approximate surface area is 124 Å². The molecule has 114 valence electrons. The van der Waals surface area contributed by atoms with E-state index in [4.69, 9.17) is 5.11 Å². The number of carbonyl (C=O) groups excluding carboxylic acids is 1. The molecule has 6 nitrogen and oxygen atoms in total. The molecule has 0 saturated carbocycles. The van der Waals surface area contributed by atoms with Crippen LogP contribution in [-0.4, -0.2) is 51.5 Å². The Morgan fingerprint density at radius 3 is 2.71 bits per heavy atom. The lowest BCUT2D eigenvalue weighted by molar-refractivity contribution is -0.142. The van der Waals surface area contributed by atoms with Crippen molar-refractivity contribution >= 4 is 12.0 Å². The number of carboxylic acids is 1. The highest BCUT2D eigenvalue weighted by Crippen LogP contribution is 2.24. The predicted octanol–water partition coefficient (Wildman–Crippen LogP) is 1.68. The van der Waals surface area contributed by atoms with Crippen LogP contribution < -0.4 is 0 Å². The lowest BCUT2D eigenvalue weighted by Crippen LogP contribution is -2.42. The van der Waals surface area contributed by atoms with Crippen LogP contribution in [0.5, 0.6) is 0 Å². The smallest absolute Gasteiger partial charge is 0.320 e. The normalized spacial score (nSPS) is 21.3. The van der Waals surface area contributed by atoms with Crippen molar-refractivity contribution in [2.75, 3.05) is 19.6 Å². The van der Waals surface area contributed by atoms with E-state index in [1.807, 2.05) is 32.0 Å². The first-order valence-electron chi connectivity index (χ1n) is 7.19. The maximum absolute atomic E-state index is 12.5. The summed E-state index contributed by atoms with van der Waals surface area (Å²) >= 11 is 0. The molecule has 1 aliphatic rings. The summed E-state index contributed by atoms with van der Waals surface area (Å²) in [7, 11) is 0. The summed E-state index contributed by atoms with van der Waals surface area (Å²) in [6.07, 6.45) is 1.70. The standard InChI is InChI=1S/C15H21N3O3/c1-3-17(9-12-6-4-5-7-16-12)15(21)18-8-11(2)13(10-18)14(19)20/h4-7,11,13H,3,8-10H2,1-2H3,(H,19,20)/t11-,13-/m1/s1. The highest BCUT2D eigenvalue weighted by molar-refractivity contribution is 5.77. The number of carboxylic acid groups (broad SMARTS) is 1. The number of likely N-dealkylation sites (tertiary alicyclic amines) is 1. The zero-order valence-electron chi connectivity index (χ0n) is 12.4. The first kappa shape index (κ1) is 15.3. The summed E-state index contributed by atoms with van der Waals surface area (Å²) in [4.78, 5) is 31.2. The summed E-state index contributed by atoms with van der Waals surface area (Å²) < 4.78 is 0. The Kier molecular flexibility index (Phi) is 4.77. The van der Waals surface area contributed by atoms with Gasteiger partial charge in [-0.15, -0.1) is 0 Å². The van der Waals surface area contributed by atoms with Gasteiger partial charge in [0.05, 0.1) is 18.2 Å². The molecule has 0 unspecified atom stereocenters. The van der Waals surface area contributed by atoms with E-state index in [-0.39, 0.29) is 18.5 Å². The van der Waals surface area contributed by atoms with Crippen LogP contribution in [0.15, 0.2) is 24.4 Å². The largest absolute Gasteiger partial charge is 0.481 e. The summed E-state index contributed by atoms with van der Waals surface area (Å²) in [5.41, 5.74) is 0.828. The van der Waals surface area contributed by atoms with Crippen LogP contribution in [-0.2, 0) is 11.3 Å². The van der Waals surface area contributed by atoms with Gasteiger partial charge in [0.25, 0.3) is 0 Å². The van der Waals surface area contributed by atoms with Crippen LogP contribution in [0.1, 0.15) is 19.5 Å². The summed E-state index contributed by atoms with van der Waals surface area (Å²) in [6, 6.07) is 5.49. The first-order valence-corrected chi connectivity index (χ1v) is 7.19. The molecule has 2 amide bonds. The third kappa shape index (κ3) is 3.51. The highest BCUT2D eigenvalue weighted by atomic mass is 16.4. The summed E-state index contributed by atoms with van der Waals surface area (Å²) in [5.74, 6) is -1.31. The van der Waals surface area contributed by atoms with Gasteiger partial charge in [-0.05, 0) is 25.0 Å². The maximum atomic E-state index is 12.5. The molecular formula is C15H21N3O3. The minimum atomic E-state index is -0.828. The second-order valence-corrected chi connectivity index (χ2v) is 5.44. The average molecular weight is 291 g/mol. The third-order valence-corrected chi connectivity index (χ3v) is 3.93. The lowest BCUT2D eigenvalue weighted by atomic mass is 9.99. The van der Waals surface area contributed by atoms with E-state index in [9.17, 15) is 9.59 Å². The van der Waals surface area contributed by atoms with Gasteiger partial charge in [-0.25, -0.2) is 4.79 Å². The number of nitrogens with zero attached hydrogens (tertiary/aromatic N) is 3. The fraction of sp³-hybridized carbons (Fsp3) is 0.533. The van der Waals surface area contributed by atoms with Crippen molar-refractivity contribution in [1.82, 2.24) is 14.8 Å². The quantitative estimate of drug-likeness (QED) is 0.916. The Morgan fingerprint density at radius 1 is 1.43 bits per heavy atom. The van der Waals surface area contributed by atoms with Crippen molar-refractivity contribution in [1.29, 1.82) is 0 Å². The lowest BCUT2D eigenvalue weighted by Gasteiger charge is -2.26. The minimum absolute atomic E-state index is 0.0139. The number of aromatic nitrogens is 1. The Bertz CT molecular complexity index is 506. The molecule has 1 aliphatic heterocycles. The van der Waals surface area contributed by atoms with Gasteiger partial charge in [0, 0.05) is 25.8 Å². The zero-order chi connectivity index (χ0) is 15.4. The predicted molar refractivity (Wildman–Crippen MR) is 77.6 cm³/mol. The number of urea groups is 1. The monoisotopic (exact) mass is 291 g/mol. The molecule has 0 radical (unpaired) electrons. The Balaban J connectivity index is 2.02. The number of aliphatic carboxylic acids is 1. The SMILES string of the molecule is CCN(Cc1ccccn1)C(=O)N1C[C@@H](C)[C@H](C(=O)O)C1. The van der Waals surface area contributed by atoms with Crippen LogP contribution >= 0.6 is 0 Å². The average Bonchev–Trinajstić information content (AvgIpc) is 2.87. The van der Waals surface area contributed by atoms with Gasteiger partial charge in [-0.3, -0.25) is 9.78 Å². The van der Waals surface area contributed by atoms with Gasteiger partial charge in [-0.1, -0.05) is 13.0 Å². The first-order chi connectivity index (χ1) is 10.0. The van der Waals surface area contributed by atoms with E-state index < -0.39 is 11.9 Å². The zero-order valence-corrected chi connectivity index (χ0v) is 12.4. The van der Waals surface area contributed by atoms with Gasteiger partial charge in [-0.2, -0.15) is 0 Å². The molecule has 1 aromatic rings. The fourth-order valence-corrected chi connectivity index (χ4v) is 2.65. The molecule has 0 aliphatic carbocycles. The maximum Gasteiger partial charge on any atom is 0.320 e. The van der Waals surface area contributed by atoms with Crippen molar-refractivity contribution in [3.8, 4) is 0 Å². The number of rotatable bonds is 4. The van der Waals surface area contributed by atoms with Gasteiger partial charge in [0.1, 0.15) is 0 Å². The van der Waals surface area contributed by atoms with Gasteiger partial charge < -0.3 is 14.9 Å². The van der Waals surface area contributed by atoms with E-state index >= 15 is 0 Å². The third-order valence-electron chi connectivity index (χ3n) is 3.93. The number of amides is 2. The second kappa shape index (κ2) is 6.56. The van der Waals surface area contributed by atoms with Crippen LogP contribution in [0.25, 0.3) is 0 Å². The number of carbonyl (C=O) groups is 2. The molecule has 2 atom stereocenters. The topological polar surface area (TPSA) is 73.7 Å². The number of pyridine rings is 1. The van der Waals surface area contributed by atoms with E-state index in [1.54, 1.807) is 16.0 Å². The van der Waals surface area contributed by atoms with Crippen molar-refractivity contribution in [2.45, 2.75) is 20.4 Å². The molecular weight excluding hydrogens is 270 g/mol. The number of hydrogen-bond acceptors (Lipinski definition) is 3. The summed E-state index contributed by atoms with van der Waals surface area (Å²) in [6.45, 7) is 5.58. The van der Waals surface area contributed by atoms with Crippen molar-refractivity contribution in [3.63, 3.8) is 0 Å². The molecule has 2 heterocycles. The van der Waals surface area contributed by atoms with E-state index in [0.29, 0.717) is 19.6 Å². The van der Waals surface area contributed by atoms with Gasteiger partial charge in [0.2, 0.25) is 0 Å². The van der Waals surface area contributed by atoms with Crippen molar-refractivity contribution in [2.24, 2.45) is 11.8 Å². The van der Waals surface area contributed by atoms with E-state index in [0.717, 1.165) is 5.69 Å². The molecule has 1 N–H and O–H groups in total. The summed E-state index contributed by atoms with van der Waals surface area (Å²) in [5, 5.41) is 9.15. The number of hydrogen-bond donors (Lipinski definition) is 1. The highest BCUT2D eigenvalue weighted by Gasteiger charge is 2.38. The molecule has 1 saturated heterocycles. The molecule has 6 heteroatoms. The van der Waals surface area contributed by atoms with Crippen LogP contribution in [0, 0.1) is 11.8 Å². The minimum Gasteiger partial charge on any atom is -0.481 e. The van der Waals surface area contributed by atoms with Crippen molar-refractivity contribution < 1.29 is 14.7 Å². The van der Waals surface area contributed by atoms with E-state index in [1.165, 1.54) is 0 Å². The van der Waals surface area contributed by atoms with Gasteiger partial charge in [0.15, 0.2) is 0 Å². The fourth-order valence-electron chi connectivity index (χ4n) is 2.65. The van der Waals surface area contributed by atoms with E-state index in [2.05, 4.69) is 4.98 Å². The molecule has 0 bridgehead atoms. The molecule has 1 aromatic heterocycles.